The van der Waals surface area contributed by atoms with E-state index >= 15 is 0 Å². The SMILES string of the molecule is C/C(Nc1ccccc1O)=C1/C(=O)C[C@H]2[C@@H]1C2(C)C. The lowest BCUT2D eigenvalue weighted by atomic mass is 9.95. The first-order valence-corrected chi connectivity index (χ1v) is 6.72. The lowest BCUT2D eigenvalue weighted by molar-refractivity contribution is -0.115. The van der Waals surface area contributed by atoms with Gasteiger partial charge in [-0.3, -0.25) is 4.79 Å². The Bertz CT molecular complexity index is 586. The normalized spacial score (nSPS) is 29.9. The Morgan fingerprint density at radius 1 is 1.37 bits per heavy atom. The Balaban J connectivity index is 1.91. The number of ketones is 1. The molecule has 0 spiro atoms. The maximum Gasteiger partial charge on any atom is 0.161 e. The quantitative estimate of drug-likeness (QED) is 0.631. The summed E-state index contributed by atoms with van der Waals surface area (Å²) < 4.78 is 0. The van der Waals surface area contributed by atoms with E-state index in [9.17, 15) is 9.90 Å². The van der Waals surface area contributed by atoms with Gasteiger partial charge in [0.05, 0.1) is 5.69 Å². The predicted molar refractivity (Wildman–Crippen MR) is 74.8 cm³/mol. The van der Waals surface area contributed by atoms with E-state index in [4.69, 9.17) is 0 Å². The van der Waals surface area contributed by atoms with Gasteiger partial charge in [-0.05, 0) is 36.3 Å². The van der Waals surface area contributed by atoms with Crippen molar-refractivity contribution in [2.75, 3.05) is 5.32 Å². The first-order valence-electron chi connectivity index (χ1n) is 6.72. The number of Topliss-reactive ketones (excluding diaryl/α,β-unsaturated/α-hetero) is 1. The van der Waals surface area contributed by atoms with Gasteiger partial charge in [-0.2, -0.15) is 0 Å². The fraction of sp³-hybridized carbons (Fsp3) is 0.438. The van der Waals surface area contributed by atoms with Gasteiger partial charge >= 0.3 is 0 Å². The molecular weight excluding hydrogens is 238 g/mol. The molecule has 0 bridgehead atoms. The molecule has 1 aromatic carbocycles. The highest BCUT2D eigenvalue weighted by Crippen LogP contribution is 2.68. The summed E-state index contributed by atoms with van der Waals surface area (Å²) in [6.07, 6.45) is 0.673. The number of allylic oxidation sites excluding steroid dienone is 2. The van der Waals surface area contributed by atoms with E-state index in [0.717, 1.165) is 11.3 Å². The third-order valence-corrected chi connectivity index (χ3v) is 4.70. The fourth-order valence-corrected chi connectivity index (χ4v) is 3.47. The average Bonchev–Trinajstić information content (AvgIpc) is 2.72. The molecular formula is C16H19NO2. The number of hydrogen-bond acceptors (Lipinski definition) is 3. The lowest BCUT2D eigenvalue weighted by Crippen LogP contribution is -2.12. The molecule has 3 heteroatoms. The minimum absolute atomic E-state index is 0.208. The van der Waals surface area contributed by atoms with Crippen molar-refractivity contribution < 1.29 is 9.90 Å². The number of rotatable bonds is 2. The smallest absolute Gasteiger partial charge is 0.161 e. The second-order valence-electron chi connectivity index (χ2n) is 6.21. The average molecular weight is 257 g/mol. The van der Waals surface area contributed by atoms with Crippen LogP contribution in [0.1, 0.15) is 27.2 Å². The summed E-state index contributed by atoms with van der Waals surface area (Å²) in [6, 6.07) is 7.10. The molecule has 0 aliphatic heterocycles. The summed E-state index contributed by atoms with van der Waals surface area (Å²) in [5, 5.41) is 13.0. The van der Waals surface area contributed by atoms with E-state index in [0.29, 0.717) is 23.9 Å². The van der Waals surface area contributed by atoms with Crippen LogP contribution >= 0.6 is 0 Å². The monoisotopic (exact) mass is 257 g/mol. The number of carbonyl (C=O) groups excluding carboxylic acids is 1. The van der Waals surface area contributed by atoms with E-state index in [2.05, 4.69) is 19.2 Å². The minimum atomic E-state index is 0.208. The topological polar surface area (TPSA) is 49.3 Å². The highest BCUT2D eigenvalue weighted by Gasteiger charge is 2.65. The third kappa shape index (κ3) is 1.76. The molecule has 2 N–H and O–H groups in total. The fourth-order valence-electron chi connectivity index (χ4n) is 3.47. The molecule has 0 amide bonds. The molecule has 2 fully saturated rings. The van der Waals surface area contributed by atoms with Crippen LogP contribution in [-0.2, 0) is 4.79 Å². The van der Waals surface area contributed by atoms with Crippen LogP contribution in [0.15, 0.2) is 35.5 Å². The second kappa shape index (κ2) is 3.86. The molecule has 2 aliphatic carbocycles. The molecule has 0 heterocycles. The molecule has 19 heavy (non-hydrogen) atoms. The van der Waals surface area contributed by atoms with Crippen molar-refractivity contribution in [3.63, 3.8) is 0 Å². The summed E-state index contributed by atoms with van der Waals surface area (Å²) in [4.78, 5) is 12.1. The summed E-state index contributed by atoms with van der Waals surface area (Å²) in [7, 11) is 0. The molecule has 3 rings (SSSR count). The molecule has 0 unspecified atom stereocenters. The molecule has 2 aliphatic rings. The molecule has 100 valence electrons. The van der Waals surface area contributed by atoms with Crippen molar-refractivity contribution >= 4 is 11.5 Å². The number of nitrogens with one attached hydrogen (secondary N) is 1. The maximum atomic E-state index is 12.1. The van der Waals surface area contributed by atoms with E-state index in [1.807, 2.05) is 19.1 Å². The van der Waals surface area contributed by atoms with Crippen LogP contribution in [0.25, 0.3) is 0 Å². The minimum Gasteiger partial charge on any atom is -0.506 e. The van der Waals surface area contributed by atoms with Gasteiger partial charge in [0.25, 0.3) is 0 Å². The number of anilines is 1. The van der Waals surface area contributed by atoms with Crippen LogP contribution in [0.2, 0.25) is 0 Å². The van der Waals surface area contributed by atoms with Gasteiger partial charge in [-0.15, -0.1) is 0 Å². The molecule has 2 saturated carbocycles. The van der Waals surface area contributed by atoms with E-state index in [-0.39, 0.29) is 16.9 Å². The van der Waals surface area contributed by atoms with Crippen LogP contribution in [0, 0.1) is 17.3 Å². The largest absolute Gasteiger partial charge is 0.506 e. The third-order valence-electron chi connectivity index (χ3n) is 4.70. The molecule has 0 radical (unpaired) electrons. The molecule has 1 aromatic rings. The van der Waals surface area contributed by atoms with Gasteiger partial charge in [0.2, 0.25) is 0 Å². The molecule has 0 saturated heterocycles. The van der Waals surface area contributed by atoms with Gasteiger partial charge in [-0.25, -0.2) is 0 Å². The summed E-state index contributed by atoms with van der Waals surface area (Å²) >= 11 is 0. The standard InChI is InChI=1S/C16H19NO2/c1-9(17-11-6-4-5-7-12(11)18)14-13(19)8-10-15(14)16(10,2)3/h4-7,10,15,17-18H,8H2,1-3H3/b14-9+/t10-,15-/m0/s1. The number of aromatic hydroxyl groups is 1. The van der Waals surface area contributed by atoms with Crippen LogP contribution in [-0.4, -0.2) is 10.9 Å². The number of benzene rings is 1. The van der Waals surface area contributed by atoms with E-state index in [1.165, 1.54) is 0 Å². The summed E-state index contributed by atoms with van der Waals surface area (Å²) in [5.74, 6) is 1.36. The highest BCUT2D eigenvalue weighted by atomic mass is 16.3. The highest BCUT2D eigenvalue weighted by molar-refractivity contribution is 6.01. The Labute approximate surface area is 113 Å². The number of fused-ring (bicyclic) bond motifs is 1. The molecule has 2 atom stereocenters. The van der Waals surface area contributed by atoms with Crippen molar-refractivity contribution in [2.45, 2.75) is 27.2 Å². The van der Waals surface area contributed by atoms with Gasteiger partial charge in [0.1, 0.15) is 5.75 Å². The van der Waals surface area contributed by atoms with Gasteiger partial charge < -0.3 is 10.4 Å². The van der Waals surface area contributed by atoms with E-state index < -0.39 is 0 Å². The second-order valence-corrected chi connectivity index (χ2v) is 6.21. The van der Waals surface area contributed by atoms with Crippen LogP contribution in [0.4, 0.5) is 5.69 Å². The van der Waals surface area contributed by atoms with Crippen molar-refractivity contribution in [3.05, 3.63) is 35.5 Å². The van der Waals surface area contributed by atoms with Crippen molar-refractivity contribution in [2.24, 2.45) is 17.3 Å². The number of carbonyl (C=O) groups is 1. The van der Waals surface area contributed by atoms with Crippen LogP contribution < -0.4 is 5.32 Å². The first kappa shape index (κ1) is 12.3. The van der Waals surface area contributed by atoms with Crippen LogP contribution in [0.3, 0.4) is 0 Å². The Morgan fingerprint density at radius 3 is 2.68 bits per heavy atom. The zero-order chi connectivity index (χ0) is 13.8. The number of para-hydroxylation sites is 2. The van der Waals surface area contributed by atoms with Crippen molar-refractivity contribution in [1.82, 2.24) is 0 Å². The van der Waals surface area contributed by atoms with Gasteiger partial charge in [0, 0.05) is 17.7 Å². The number of phenolic OH excluding ortho intramolecular Hbond substituents is 1. The zero-order valence-electron chi connectivity index (χ0n) is 11.5. The maximum absolute atomic E-state index is 12.1. The molecule has 0 aromatic heterocycles. The zero-order valence-corrected chi connectivity index (χ0v) is 11.5. The summed E-state index contributed by atoms with van der Waals surface area (Å²) in [6.45, 7) is 6.38. The van der Waals surface area contributed by atoms with Crippen molar-refractivity contribution in [1.29, 1.82) is 0 Å². The number of phenols is 1. The number of hydrogen-bond donors (Lipinski definition) is 2. The Kier molecular flexibility index (Phi) is 2.49. The van der Waals surface area contributed by atoms with Crippen molar-refractivity contribution in [3.8, 4) is 5.75 Å². The van der Waals surface area contributed by atoms with E-state index in [1.54, 1.807) is 12.1 Å². The summed E-state index contributed by atoms with van der Waals surface area (Å²) in [5.41, 5.74) is 2.72. The lowest BCUT2D eigenvalue weighted by Gasteiger charge is -2.15. The Morgan fingerprint density at radius 2 is 2.05 bits per heavy atom. The molecule has 3 nitrogen and oxygen atoms in total. The first-order chi connectivity index (χ1) is 8.93. The van der Waals surface area contributed by atoms with Crippen LogP contribution in [0.5, 0.6) is 5.75 Å². The van der Waals surface area contributed by atoms with Gasteiger partial charge in [0.15, 0.2) is 5.78 Å². The Hall–Kier alpha value is -1.77. The van der Waals surface area contributed by atoms with Gasteiger partial charge in [-0.1, -0.05) is 26.0 Å². The predicted octanol–water partition coefficient (Wildman–Crippen LogP) is 3.32.